The fourth-order valence-corrected chi connectivity index (χ4v) is 4.83. The van der Waals surface area contributed by atoms with Crippen LogP contribution in [0.3, 0.4) is 0 Å². The lowest BCUT2D eigenvalue weighted by molar-refractivity contribution is 0.617. The molecule has 4 nitrogen and oxygen atoms in total. The van der Waals surface area contributed by atoms with Gasteiger partial charge < -0.3 is 0 Å². The molecule has 30 heavy (non-hydrogen) atoms. The van der Waals surface area contributed by atoms with Crippen LogP contribution in [0.5, 0.6) is 0 Å². The van der Waals surface area contributed by atoms with Gasteiger partial charge in [0.2, 0.25) is 5.43 Å². The molecule has 2 aromatic heterocycles. The maximum Gasteiger partial charge on any atom is 0.267 e. The molecule has 0 aliphatic heterocycles. The van der Waals surface area contributed by atoms with Gasteiger partial charge in [0.05, 0.1) is 6.04 Å². The van der Waals surface area contributed by atoms with Gasteiger partial charge in [-0.05, 0) is 24.6 Å². The summed E-state index contributed by atoms with van der Waals surface area (Å²) in [5.74, 6) is 0.565. The molecule has 0 saturated carbocycles. The molecule has 0 amide bonds. The third-order valence-electron chi connectivity index (χ3n) is 5.35. The smallest absolute Gasteiger partial charge is 0.267 e. The Hall–Kier alpha value is -3.57. The normalized spacial score (nSPS) is 12.3. The Labute approximate surface area is 176 Å². The van der Waals surface area contributed by atoms with Crippen LogP contribution in [0.25, 0.3) is 31.7 Å². The summed E-state index contributed by atoms with van der Waals surface area (Å²) in [7, 11) is 0. The van der Waals surface area contributed by atoms with E-state index in [0.717, 1.165) is 15.8 Å². The number of fused-ring (bicyclic) bond motifs is 2. The summed E-state index contributed by atoms with van der Waals surface area (Å²) in [6.07, 6.45) is 0. The molecule has 0 radical (unpaired) electrons. The first-order valence-corrected chi connectivity index (χ1v) is 10.6. The fraction of sp³-hybridized carbons (Fsp3) is 0.0800. The number of nitrogens with zero attached hydrogens (tertiary/aromatic N) is 2. The van der Waals surface area contributed by atoms with Crippen LogP contribution in [0.15, 0.2) is 94.5 Å². The van der Waals surface area contributed by atoms with Gasteiger partial charge in [-0.2, -0.15) is 0 Å². The second-order valence-corrected chi connectivity index (χ2v) is 8.20. The Bertz CT molecular complexity index is 1490. The van der Waals surface area contributed by atoms with Crippen molar-refractivity contribution in [2.45, 2.75) is 13.0 Å². The summed E-state index contributed by atoms with van der Waals surface area (Å²) in [6, 6.07) is 26.5. The molecule has 0 bridgehead atoms. The largest absolute Gasteiger partial charge is 0.288 e. The van der Waals surface area contributed by atoms with Crippen LogP contribution in [0.1, 0.15) is 18.5 Å². The van der Waals surface area contributed by atoms with E-state index in [-0.39, 0.29) is 22.4 Å². The van der Waals surface area contributed by atoms with Crippen LogP contribution in [0.2, 0.25) is 0 Å². The molecular weight excluding hydrogens is 392 g/mol. The lowest BCUT2D eigenvalue weighted by Gasteiger charge is -2.20. The average molecular weight is 410 g/mol. The molecule has 0 aliphatic carbocycles. The molecule has 1 atom stereocenters. The summed E-state index contributed by atoms with van der Waals surface area (Å²) in [4.78, 5) is 32.3. The highest BCUT2D eigenvalue weighted by Crippen LogP contribution is 2.28. The Morgan fingerprint density at radius 2 is 1.47 bits per heavy atom. The number of hydrogen-bond acceptors (Lipinski definition) is 4. The lowest BCUT2D eigenvalue weighted by atomic mass is 10.1. The Morgan fingerprint density at radius 1 is 0.833 bits per heavy atom. The SMILES string of the molecule is C[C@@H](c1ccccc1)n1c(-c2ccccc2)nc2sc3ccccc3c(=O)c2c1=O. The van der Waals surface area contributed by atoms with Crippen molar-refractivity contribution >= 4 is 31.6 Å². The first-order valence-electron chi connectivity index (χ1n) is 9.73. The van der Waals surface area contributed by atoms with Crippen molar-refractivity contribution in [3.8, 4) is 11.4 Å². The van der Waals surface area contributed by atoms with E-state index in [1.807, 2.05) is 85.8 Å². The monoisotopic (exact) mass is 410 g/mol. The molecule has 0 saturated heterocycles. The third-order valence-corrected chi connectivity index (χ3v) is 6.41. The standard InChI is InChI=1S/C25H18N2O2S/c1-16(17-10-4-2-5-11-17)27-23(18-12-6-3-7-13-18)26-24-21(25(27)29)22(28)19-14-8-9-15-20(19)30-24/h2-16H,1H3/t16-/m0/s1. The van der Waals surface area contributed by atoms with E-state index in [1.165, 1.54) is 11.3 Å². The Kier molecular flexibility index (Phi) is 4.52. The summed E-state index contributed by atoms with van der Waals surface area (Å²) < 4.78 is 2.48. The van der Waals surface area contributed by atoms with Crippen molar-refractivity contribution < 1.29 is 0 Å². The van der Waals surface area contributed by atoms with Gasteiger partial charge in [-0.15, -0.1) is 11.3 Å². The van der Waals surface area contributed by atoms with Crippen LogP contribution >= 0.6 is 11.3 Å². The predicted molar refractivity (Wildman–Crippen MR) is 123 cm³/mol. The van der Waals surface area contributed by atoms with Gasteiger partial charge >= 0.3 is 0 Å². The maximum absolute atomic E-state index is 13.7. The molecule has 5 aromatic rings. The summed E-state index contributed by atoms with van der Waals surface area (Å²) >= 11 is 1.38. The zero-order valence-corrected chi connectivity index (χ0v) is 17.1. The fourth-order valence-electron chi connectivity index (χ4n) is 3.80. The predicted octanol–water partition coefficient (Wildman–Crippen LogP) is 5.25. The first-order chi connectivity index (χ1) is 14.6. The number of rotatable bonds is 3. The van der Waals surface area contributed by atoms with Crippen molar-refractivity contribution in [3.05, 3.63) is 111 Å². The van der Waals surface area contributed by atoms with Gasteiger partial charge in [0.15, 0.2) is 0 Å². The van der Waals surface area contributed by atoms with Crippen molar-refractivity contribution in [3.63, 3.8) is 0 Å². The molecule has 0 spiro atoms. The molecule has 0 aliphatic rings. The van der Waals surface area contributed by atoms with E-state index in [2.05, 4.69) is 0 Å². The van der Waals surface area contributed by atoms with E-state index in [0.29, 0.717) is 16.0 Å². The highest BCUT2D eigenvalue weighted by Gasteiger charge is 2.21. The molecule has 3 aromatic carbocycles. The molecule has 5 heteroatoms. The minimum atomic E-state index is -0.304. The van der Waals surface area contributed by atoms with Crippen LogP contribution in [-0.2, 0) is 0 Å². The minimum absolute atomic E-state index is 0.154. The van der Waals surface area contributed by atoms with E-state index in [1.54, 1.807) is 10.6 Å². The first kappa shape index (κ1) is 18.5. The lowest BCUT2D eigenvalue weighted by Crippen LogP contribution is -2.30. The number of aromatic nitrogens is 2. The second kappa shape index (κ2) is 7.35. The van der Waals surface area contributed by atoms with Gasteiger partial charge in [0, 0.05) is 15.6 Å². The van der Waals surface area contributed by atoms with Crippen molar-refractivity contribution in [1.82, 2.24) is 9.55 Å². The van der Waals surface area contributed by atoms with Crippen LogP contribution in [0, 0.1) is 0 Å². The van der Waals surface area contributed by atoms with Crippen LogP contribution in [-0.4, -0.2) is 9.55 Å². The van der Waals surface area contributed by atoms with Crippen molar-refractivity contribution in [2.24, 2.45) is 0 Å². The van der Waals surface area contributed by atoms with E-state index in [4.69, 9.17) is 4.98 Å². The molecule has 146 valence electrons. The second-order valence-electron chi connectivity index (χ2n) is 7.17. The molecule has 2 heterocycles. The van der Waals surface area contributed by atoms with Gasteiger partial charge in [-0.25, -0.2) is 4.98 Å². The van der Waals surface area contributed by atoms with Crippen LogP contribution in [0.4, 0.5) is 0 Å². The number of hydrogen-bond donors (Lipinski definition) is 0. The summed E-state index contributed by atoms with van der Waals surface area (Å²) in [5.41, 5.74) is 1.26. The zero-order valence-electron chi connectivity index (χ0n) is 16.3. The van der Waals surface area contributed by atoms with Gasteiger partial charge in [-0.3, -0.25) is 14.2 Å². The molecule has 0 N–H and O–H groups in total. The zero-order chi connectivity index (χ0) is 20.7. The average Bonchev–Trinajstić information content (AvgIpc) is 2.79. The van der Waals surface area contributed by atoms with Crippen LogP contribution < -0.4 is 11.0 Å². The molecule has 5 rings (SSSR count). The molecule has 0 fully saturated rings. The van der Waals surface area contributed by atoms with Gasteiger partial charge in [0.25, 0.3) is 5.56 Å². The molecule has 0 unspecified atom stereocenters. The molecular formula is C25H18N2O2S. The quantitative estimate of drug-likeness (QED) is 0.382. The highest BCUT2D eigenvalue weighted by molar-refractivity contribution is 7.24. The van der Waals surface area contributed by atoms with E-state index in [9.17, 15) is 9.59 Å². The minimum Gasteiger partial charge on any atom is -0.288 e. The number of benzene rings is 3. The Balaban J connectivity index is 1.92. The maximum atomic E-state index is 13.7. The topological polar surface area (TPSA) is 52.0 Å². The van der Waals surface area contributed by atoms with E-state index >= 15 is 0 Å². The summed E-state index contributed by atoms with van der Waals surface area (Å²) in [5, 5.41) is 0.710. The van der Waals surface area contributed by atoms with E-state index < -0.39 is 0 Å². The highest BCUT2D eigenvalue weighted by atomic mass is 32.1. The van der Waals surface area contributed by atoms with Crippen molar-refractivity contribution in [2.75, 3.05) is 0 Å². The third kappa shape index (κ3) is 2.95. The van der Waals surface area contributed by atoms with Gasteiger partial charge in [-0.1, -0.05) is 72.8 Å². The summed E-state index contributed by atoms with van der Waals surface area (Å²) in [6.45, 7) is 1.96. The van der Waals surface area contributed by atoms with Crippen molar-refractivity contribution in [1.29, 1.82) is 0 Å². The van der Waals surface area contributed by atoms with Gasteiger partial charge in [0.1, 0.15) is 16.0 Å². The Morgan fingerprint density at radius 3 is 2.20 bits per heavy atom.